The number of rotatable bonds is 5. The van der Waals surface area contributed by atoms with Gasteiger partial charge >= 0.3 is 6.09 Å². The second-order valence-electron chi connectivity index (χ2n) is 5.90. The van der Waals surface area contributed by atoms with Crippen molar-refractivity contribution in [1.82, 2.24) is 4.90 Å². The van der Waals surface area contributed by atoms with E-state index >= 15 is 0 Å². The summed E-state index contributed by atoms with van der Waals surface area (Å²) >= 11 is 0. The summed E-state index contributed by atoms with van der Waals surface area (Å²) in [5, 5.41) is 0. The summed E-state index contributed by atoms with van der Waals surface area (Å²) in [6.07, 6.45) is 3.47. The third kappa shape index (κ3) is 4.28. The zero-order valence-electron chi connectivity index (χ0n) is 14.4. The van der Waals surface area contributed by atoms with Gasteiger partial charge < -0.3 is 9.47 Å². The molecular weight excluding hydrogens is 314 g/mol. The largest absolute Gasteiger partial charge is 0.450 e. The summed E-state index contributed by atoms with van der Waals surface area (Å²) < 4.78 is 11.4. The highest BCUT2D eigenvalue weighted by Gasteiger charge is 2.34. The fourth-order valence-corrected chi connectivity index (χ4v) is 3.03. The molecule has 0 N–H and O–H groups in total. The van der Waals surface area contributed by atoms with E-state index in [9.17, 15) is 4.79 Å². The Morgan fingerprint density at radius 3 is 2.44 bits per heavy atom. The van der Waals surface area contributed by atoms with Gasteiger partial charge in [-0.05, 0) is 18.1 Å². The van der Waals surface area contributed by atoms with Crippen molar-refractivity contribution in [1.29, 1.82) is 0 Å². The summed E-state index contributed by atoms with van der Waals surface area (Å²) in [4.78, 5) is 14.1. The van der Waals surface area contributed by atoms with E-state index in [4.69, 9.17) is 9.47 Å². The van der Waals surface area contributed by atoms with Crippen LogP contribution in [0.2, 0.25) is 0 Å². The monoisotopic (exact) mass is 337 g/mol. The molecule has 2 atom stereocenters. The van der Waals surface area contributed by atoms with Gasteiger partial charge in [0.2, 0.25) is 0 Å². The van der Waals surface area contributed by atoms with Crippen molar-refractivity contribution in [2.24, 2.45) is 0 Å². The molecular formula is C21H23NO3. The van der Waals surface area contributed by atoms with Crippen molar-refractivity contribution in [3.05, 3.63) is 83.9 Å². The first-order valence-corrected chi connectivity index (χ1v) is 8.60. The van der Waals surface area contributed by atoms with Gasteiger partial charge in [0, 0.05) is 6.54 Å². The Bertz CT molecular complexity index is 700. The van der Waals surface area contributed by atoms with Gasteiger partial charge in [-0.2, -0.15) is 0 Å². The molecule has 0 unspecified atom stereocenters. The van der Waals surface area contributed by atoms with E-state index in [1.165, 1.54) is 0 Å². The Balaban J connectivity index is 1.82. The Kier molecular flexibility index (Phi) is 5.86. The van der Waals surface area contributed by atoms with E-state index < -0.39 is 0 Å². The van der Waals surface area contributed by atoms with Crippen LogP contribution in [0.25, 0.3) is 0 Å². The van der Waals surface area contributed by atoms with Gasteiger partial charge in [0.15, 0.2) is 0 Å². The minimum absolute atomic E-state index is 0.200. The van der Waals surface area contributed by atoms with Crippen molar-refractivity contribution in [2.75, 3.05) is 13.2 Å². The first-order chi connectivity index (χ1) is 12.3. The molecule has 1 amide bonds. The van der Waals surface area contributed by atoms with E-state index in [0.717, 1.165) is 11.1 Å². The number of hydrogen-bond donors (Lipinski definition) is 0. The molecule has 130 valence electrons. The molecule has 0 bridgehead atoms. The van der Waals surface area contributed by atoms with Crippen LogP contribution in [-0.4, -0.2) is 30.2 Å². The van der Waals surface area contributed by atoms with Crippen molar-refractivity contribution in [3.8, 4) is 0 Å². The van der Waals surface area contributed by atoms with E-state index in [-0.39, 0.29) is 18.2 Å². The quantitative estimate of drug-likeness (QED) is 0.762. The van der Waals surface area contributed by atoms with E-state index in [1.807, 2.05) is 79.7 Å². The molecule has 0 radical (unpaired) electrons. The first-order valence-electron chi connectivity index (χ1n) is 8.60. The van der Waals surface area contributed by atoms with Gasteiger partial charge in [0.1, 0.15) is 6.10 Å². The molecule has 1 heterocycles. The second-order valence-corrected chi connectivity index (χ2v) is 5.90. The summed E-state index contributed by atoms with van der Waals surface area (Å²) in [5.41, 5.74) is 2.15. The summed E-state index contributed by atoms with van der Waals surface area (Å²) in [6, 6.07) is 19.8. The number of hydrogen-bond acceptors (Lipinski definition) is 3. The highest BCUT2D eigenvalue weighted by molar-refractivity contribution is 5.69. The van der Waals surface area contributed by atoms with Crippen LogP contribution < -0.4 is 0 Å². The van der Waals surface area contributed by atoms with Crippen molar-refractivity contribution < 1.29 is 14.3 Å². The number of carbonyl (C=O) groups excluding carboxylic acids is 1. The molecule has 3 rings (SSSR count). The lowest BCUT2D eigenvalue weighted by Crippen LogP contribution is -2.44. The lowest BCUT2D eigenvalue weighted by atomic mass is 9.96. The van der Waals surface area contributed by atoms with Crippen LogP contribution in [-0.2, 0) is 16.1 Å². The summed E-state index contributed by atoms with van der Waals surface area (Å²) in [6.45, 7) is 3.19. The normalized spacial score (nSPS) is 19.6. The number of ether oxygens (including phenoxy) is 2. The van der Waals surface area contributed by atoms with Crippen LogP contribution in [0, 0.1) is 0 Å². The van der Waals surface area contributed by atoms with Crippen molar-refractivity contribution in [3.63, 3.8) is 0 Å². The predicted octanol–water partition coefficient (Wildman–Crippen LogP) is 4.34. The zero-order valence-corrected chi connectivity index (χ0v) is 14.4. The summed E-state index contributed by atoms with van der Waals surface area (Å²) in [5.74, 6) is 0. The van der Waals surface area contributed by atoms with Crippen LogP contribution in [0.3, 0.4) is 0 Å². The second kappa shape index (κ2) is 8.49. The Hall–Kier alpha value is -2.59. The molecule has 0 aromatic heterocycles. The van der Waals surface area contributed by atoms with Crippen molar-refractivity contribution >= 4 is 6.09 Å². The van der Waals surface area contributed by atoms with E-state index in [1.54, 1.807) is 4.90 Å². The Labute approximate surface area is 148 Å². The lowest BCUT2D eigenvalue weighted by molar-refractivity contribution is -0.00242. The fourth-order valence-electron chi connectivity index (χ4n) is 3.03. The van der Waals surface area contributed by atoms with E-state index in [2.05, 4.69) is 0 Å². The molecule has 4 nitrogen and oxygen atoms in total. The van der Waals surface area contributed by atoms with Gasteiger partial charge in [0.05, 0.1) is 19.3 Å². The summed E-state index contributed by atoms with van der Waals surface area (Å²) in [7, 11) is 0. The average molecular weight is 337 g/mol. The molecule has 2 aromatic rings. The molecule has 1 aliphatic rings. The van der Waals surface area contributed by atoms with E-state index in [0.29, 0.717) is 19.8 Å². The molecule has 2 aromatic carbocycles. The topological polar surface area (TPSA) is 38.8 Å². The van der Waals surface area contributed by atoms with Gasteiger partial charge in [-0.3, -0.25) is 4.90 Å². The maximum absolute atomic E-state index is 12.4. The van der Waals surface area contributed by atoms with Gasteiger partial charge in [0.25, 0.3) is 0 Å². The van der Waals surface area contributed by atoms with Crippen molar-refractivity contribution in [2.45, 2.75) is 25.7 Å². The molecule has 0 spiro atoms. The SMILES string of the molecule is CCOC(=O)N1CC=C[C@H](OCc2ccccc2)[C@H]1c1ccccc1. The third-order valence-electron chi connectivity index (χ3n) is 4.20. The van der Waals surface area contributed by atoms with Crippen LogP contribution in [0.5, 0.6) is 0 Å². The Morgan fingerprint density at radius 1 is 1.08 bits per heavy atom. The molecule has 25 heavy (non-hydrogen) atoms. The average Bonchev–Trinajstić information content (AvgIpc) is 2.67. The highest BCUT2D eigenvalue weighted by Crippen LogP contribution is 2.31. The van der Waals surface area contributed by atoms with Gasteiger partial charge in [-0.1, -0.05) is 72.8 Å². The maximum atomic E-state index is 12.4. The van der Waals surface area contributed by atoms with Gasteiger partial charge in [-0.25, -0.2) is 4.79 Å². The molecule has 0 saturated carbocycles. The van der Waals surface area contributed by atoms with Crippen LogP contribution >= 0.6 is 0 Å². The molecule has 1 aliphatic heterocycles. The first kappa shape index (κ1) is 17.2. The molecule has 0 fully saturated rings. The number of benzene rings is 2. The number of amides is 1. The minimum Gasteiger partial charge on any atom is -0.450 e. The molecule has 0 saturated heterocycles. The molecule has 0 aliphatic carbocycles. The standard InChI is InChI=1S/C21H23NO3/c1-2-24-21(23)22-15-9-14-19(20(22)18-12-7-4-8-13-18)25-16-17-10-5-3-6-11-17/h3-14,19-20H,2,15-16H2,1H3/t19-,20+/m0/s1. The fraction of sp³-hybridized carbons (Fsp3) is 0.286. The zero-order chi connectivity index (χ0) is 17.5. The maximum Gasteiger partial charge on any atom is 0.410 e. The lowest BCUT2D eigenvalue weighted by Gasteiger charge is -2.37. The van der Waals surface area contributed by atoms with Gasteiger partial charge in [-0.15, -0.1) is 0 Å². The minimum atomic E-state index is -0.311. The predicted molar refractivity (Wildman–Crippen MR) is 97.1 cm³/mol. The number of nitrogens with zero attached hydrogens (tertiary/aromatic N) is 1. The highest BCUT2D eigenvalue weighted by atomic mass is 16.6. The smallest absolute Gasteiger partial charge is 0.410 e. The van der Waals surface area contributed by atoms with Crippen LogP contribution in [0.15, 0.2) is 72.8 Å². The third-order valence-corrected chi connectivity index (χ3v) is 4.20. The Morgan fingerprint density at radius 2 is 1.76 bits per heavy atom. The number of carbonyl (C=O) groups is 1. The molecule has 4 heteroatoms. The van der Waals surface area contributed by atoms with Crippen LogP contribution in [0.1, 0.15) is 24.1 Å². The van der Waals surface area contributed by atoms with Crippen LogP contribution in [0.4, 0.5) is 4.79 Å².